The fourth-order valence-electron chi connectivity index (χ4n) is 0. The van der Waals surface area contributed by atoms with Crippen molar-refractivity contribution in [2.45, 2.75) is 0 Å². The molecule has 0 amide bonds. The summed E-state index contributed by atoms with van der Waals surface area (Å²) in [5, 5.41) is 0. The van der Waals surface area contributed by atoms with Gasteiger partial charge in [-0.3, -0.25) is 0 Å². The molecule has 0 saturated heterocycles. The molecule has 0 N–H and O–H groups in total. The van der Waals surface area contributed by atoms with Crippen molar-refractivity contribution in [2.24, 2.45) is 0 Å². The summed E-state index contributed by atoms with van der Waals surface area (Å²) in [6, 6.07) is 0. The van der Waals surface area contributed by atoms with Crippen molar-refractivity contribution in [1.29, 1.82) is 0 Å². The Kier molecular flexibility index (Phi) is 24.9. The van der Waals surface area contributed by atoms with Crippen LogP contribution < -0.4 is 33.5 Å². The van der Waals surface area contributed by atoms with Gasteiger partial charge < -0.3 is 19.2 Å². The van der Waals surface area contributed by atoms with Crippen molar-refractivity contribution in [3.05, 3.63) is 0 Å². The van der Waals surface area contributed by atoms with Crippen molar-refractivity contribution < 1.29 is 74.7 Å². The zero-order valence-corrected chi connectivity index (χ0v) is 9.21. The summed E-state index contributed by atoms with van der Waals surface area (Å²) < 4.78 is 8.55. The van der Waals surface area contributed by atoms with Crippen LogP contribution in [0.25, 0.3) is 0 Å². The molecular weight excluding hydrogens is 222 g/mol. The van der Waals surface area contributed by atoms with E-state index in [-0.39, 0.29) is 55.4 Å². The van der Waals surface area contributed by atoms with E-state index < -0.39 is 7.82 Å². The van der Waals surface area contributed by atoms with Gasteiger partial charge in [0.2, 0.25) is 0 Å². The number of hydrogen-bond acceptors (Lipinski definition) is 4. The summed E-state index contributed by atoms with van der Waals surface area (Å²) in [5.74, 6) is 0. The first-order valence-electron chi connectivity index (χ1n) is 0.730. The molecule has 0 spiro atoms. The largest absolute Gasteiger partial charge is 2.00 e. The molecule has 8 heteroatoms. The predicted octanol–water partition coefficient (Wildman–Crippen LogP) is -5.83. The van der Waals surface area contributed by atoms with Crippen molar-refractivity contribution in [3.8, 4) is 0 Å². The first-order valence-corrected chi connectivity index (χ1v) is 2.19. The zero-order valence-electron chi connectivity index (χ0n) is 4.17. The molecule has 0 unspecified atom stereocenters. The minimum Gasteiger partial charge on any atom is -0.822 e. The maximum absolute atomic E-state index is 8.55. The molecule has 0 bridgehead atoms. The van der Waals surface area contributed by atoms with E-state index in [9.17, 15) is 0 Å². The molecule has 0 fully saturated rings. The van der Waals surface area contributed by atoms with Crippen LogP contribution in [0.5, 0.6) is 0 Å². The summed E-state index contributed by atoms with van der Waals surface area (Å²) in [4.78, 5) is 25.6. The second-order valence-electron chi connectivity index (χ2n) is 0.447. The smallest absolute Gasteiger partial charge is 0.822 e. The van der Waals surface area contributed by atoms with Crippen molar-refractivity contribution in [3.63, 3.8) is 0 Å². The predicted molar refractivity (Wildman–Crippen MR) is 7.61 cm³/mol. The first kappa shape index (κ1) is 22.5. The van der Waals surface area contributed by atoms with Gasteiger partial charge in [-0.2, -0.15) is 7.82 Å². The van der Waals surface area contributed by atoms with Crippen molar-refractivity contribution in [1.82, 2.24) is 0 Å². The van der Waals surface area contributed by atoms with Crippen molar-refractivity contribution >= 4 is 7.82 Å². The second kappa shape index (κ2) is 8.85. The number of rotatable bonds is 0. The molecule has 0 saturated carbocycles. The van der Waals surface area contributed by atoms with Crippen molar-refractivity contribution in [2.75, 3.05) is 0 Å². The van der Waals surface area contributed by atoms with E-state index in [1.54, 1.807) is 0 Å². The quantitative estimate of drug-likeness (QED) is 0.302. The summed E-state index contributed by atoms with van der Waals surface area (Å²) in [5.41, 5.74) is 0. The molecule has 1 radical (unpaired) electrons. The average Bonchev–Trinajstić information content (AvgIpc) is 0.722. The molecule has 4 nitrogen and oxygen atoms in total. The van der Waals surface area contributed by atoms with E-state index in [0.717, 1.165) is 0 Å². The summed E-state index contributed by atoms with van der Waals surface area (Å²) >= 11 is 0. The van der Waals surface area contributed by atoms with E-state index in [2.05, 4.69) is 0 Å². The Morgan fingerprint density at radius 2 is 1.12 bits per heavy atom. The third kappa shape index (κ3) is 108. The molecule has 37 valence electrons. The Labute approximate surface area is 82.1 Å². The van der Waals surface area contributed by atoms with E-state index in [4.69, 9.17) is 19.2 Å². The Morgan fingerprint density at radius 1 is 1.12 bits per heavy atom. The zero-order chi connectivity index (χ0) is 4.50. The molecule has 0 aliphatic rings. The maximum Gasteiger partial charge on any atom is 2.00 e. The SMILES string of the molecule is O=P([O-])([O-])[O-].[Li+].[Mn+2].[Zn+2]. The third-order valence-corrected chi connectivity index (χ3v) is 0. The Bertz CT molecular complexity index is 62.2. The topological polar surface area (TPSA) is 86.2 Å². The third-order valence-electron chi connectivity index (χ3n) is 0. The standard InChI is InChI=1S/Li.Mn.H3O4P.Zn/c;;1-5(2,3)4;/h;;(H3,1,2,3,4);/q+1;+2;;+2/p-3. The normalized spacial score (nSPS) is 7.38. The molecule has 0 aliphatic carbocycles. The molecular formula is LiMnO4PZn+2. The van der Waals surface area contributed by atoms with E-state index in [1.807, 2.05) is 0 Å². The van der Waals surface area contributed by atoms with Crippen LogP contribution in [0, 0.1) is 0 Å². The van der Waals surface area contributed by atoms with Gasteiger partial charge in [-0.05, 0) is 0 Å². The molecule has 0 aromatic carbocycles. The van der Waals surface area contributed by atoms with Gasteiger partial charge in [0, 0.05) is 0 Å². The molecule has 0 atom stereocenters. The first-order chi connectivity index (χ1) is 2.00. The Morgan fingerprint density at radius 3 is 1.12 bits per heavy atom. The minimum absolute atomic E-state index is 0. The molecule has 0 aromatic rings. The number of phosphoric acid groups is 1. The van der Waals surface area contributed by atoms with Gasteiger partial charge in [0.15, 0.2) is 0 Å². The van der Waals surface area contributed by atoms with Crippen LogP contribution in [0.3, 0.4) is 0 Å². The van der Waals surface area contributed by atoms with Gasteiger partial charge in [0.25, 0.3) is 0 Å². The summed E-state index contributed by atoms with van der Waals surface area (Å²) in [7, 11) is -5.39. The van der Waals surface area contributed by atoms with Crippen LogP contribution in [-0.4, -0.2) is 0 Å². The van der Waals surface area contributed by atoms with Crippen LogP contribution >= 0.6 is 7.82 Å². The Hall–Kier alpha value is 1.85. The maximum atomic E-state index is 8.55. The summed E-state index contributed by atoms with van der Waals surface area (Å²) in [6.45, 7) is 0. The fourth-order valence-corrected chi connectivity index (χ4v) is 0. The average molecular weight is 222 g/mol. The van der Waals surface area contributed by atoms with Gasteiger partial charge in [0.1, 0.15) is 0 Å². The van der Waals surface area contributed by atoms with Gasteiger partial charge in [-0.15, -0.1) is 0 Å². The van der Waals surface area contributed by atoms with E-state index in [1.165, 1.54) is 0 Å². The molecule has 0 rings (SSSR count). The van der Waals surface area contributed by atoms with Crippen LogP contribution in [0.1, 0.15) is 0 Å². The molecule has 0 aromatic heterocycles. The fraction of sp³-hybridized carbons (Fsp3) is 0. The van der Waals surface area contributed by atoms with Gasteiger partial charge >= 0.3 is 55.4 Å². The van der Waals surface area contributed by atoms with E-state index in [0.29, 0.717) is 0 Å². The monoisotopic (exact) mass is 221 g/mol. The minimum atomic E-state index is -5.39. The van der Waals surface area contributed by atoms with Crippen LogP contribution in [-0.2, 0) is 41.1 Å². The second-order valence-corrected chi connectivity index (χ2v) is 1.34. The van der Waals surface area contributed by atoms with Crippen LogP contribution in [0.2, 0.25) is 0 Å². The Balaban J connectivity index is -0.0000000267. The van der Waals surface area contributed by atoms with E-state index >= 15 is 0 Å². The van der Waals surface area contributed by atoms with Crippen LogP contribution in [0.4, 0.5) is 0 Å². The number of hydrogen-bond donors (Lipinski definition) is 0. The van der Waals surface area contributed by atoms with Gasteiger partial charge in [-0.25, -0.2) is 0 Å². The van der Waals surface area contributed by atoms with Gasteiger partial charge in [0.05, 0.1) is 0 Å². The molecule has 0 aliphatic heterocycles. The van der Waals surface area contributed by atoms with Crippen LogP contribution in [0.15, 0.2) is 0 Å². The molecule has 8 heavy (non-hydrogen) atoms. The van der Waals surface area contributed by atoms with Gasteiger partial charge in [-0.1, -0.05) is 0 Å². The molecule has 0 heterocycles. The summed E-state index contributed by atoms with van der Waals surface area (Å²) in [6.07, 6.45) is 0.